The number of rotatable bonds is 3. The van der Waals surface area contributed by atoms with Crippen molar-refractivity contribution in [3.05, 3.63) is 85.0 Å². The third-order valence-electron chi connectivity index (χ3n) is 4.16. The fourth-order valence-corrected chi connectivity index (χ4v) is 6.80. The lowest BCUT2D eigenvalue weighted by Gasteiger charge is -2.33. The zero-order valence-electron chi connectivity index (χ0n) is 15.9. The highest BCUT2D eigenvalue weighted by atomic mass is 28.3. The molecule has 0 heterocycles. The molecular weight excluding hydrogens is 322 g/mol. The fraction of sp³-hybridized carbons (Fsp3) is 0.238. The van der Waals surface area contributed by atoms with Crippen molar-refractivity contribution >= 4 is 18.4 Å². The largest absolute Gasteiger partial charge is 0.333 e. The third-order valence-corrected chi connectivity index (χ3v) is 8.95. The predicted molar refractivity (Wildman–Crippen MR) is 116 cm³/mol. The Bertz CT molecular complexity index is 558. The Hall–Kier alpha value is -1.98. The molecular formula is C21H33N3Si. The normalized spacial score (nSPS) is 12.1. The Kier molecular flexibility index (Phi) is 12.3. The summed E-state index contributed by atoms with van der Waals surface area (Å²) in [5.41, 5.74) is 14.1. The molecule has 0 saturated heterocycles. The van der Waals surface area contributed by atoms with Gasteiger partial charge in [-0.2, -0.15) is 0 Å². The van der Waals surface area contributed by atoms with Crippen molar-refractivity contribution in [1.29, 1.82) is 0 Å². The van der Waals surface area contributed by atoms with E-state index < -0.39 is 8.07 Å². The van der Waals surface area contributed by atoms with Crippen LogP contribution in [-0.2, 0) is 0 Å². The highest BCUT2D eigenvalue weighted by Crippen LogP contribution is 2.28. The van der Waals surface area contributed by atoms with Crippen molar-refractivity contribution in [3.63, 3.8) is 0 Å². The summed E-state index contributed by atoms with van der Waals surface area (Å²) in [5, 5.41) is 3.00. The van der Waals surface area contributed by atoms with Crippen molar-refractivity contribution in [2.75, 3.05) is 21.1 Å². The topological polar surface area (TPSA) is 78.1 Å². The molecule has 0 fully saturated rings. The molecule has 6 N–H and O–H groups in total. The van der Waals surface area contributed by atoms with Crippen molar-refractivity contribution in [3.8, 4) is 0 Å². The average molecular weight is 356 g/mol. The zero-order chi connectivity index (χ0) is 19.1. The van der Waals surface area contributed by atoms with Gasteiger partial charge in [0, 0.05) is 0 Å². The van der Waals surface area contributed by atoms with E-state index in [2.05, 4.69) is 109 Å². The van der Waals surface area contributed by atoms with Crippen LogP contribution >= 0.6 is 0 Å². The highest BCUT2D eigenvalue weighted by Gasteiger charge is 2.38. The van der Waals surface area contributed by atoms with E-state index in [1.165, 1.54) is 31.5 Å². The molecule has 136 valence electrons. The van der Waals surface area contributed by atoms with Gasteiger partial charge in [0.15, 0.2) is 0 Å². The van der Waals surface area contributed by atoms with Gasteiger partial charge in [0.1, 0.15) is 8.07 Å². The van der Waals surface area contributed by atoms with Gasteiger partial charge >= 0.3 is 0 Å². The quantitative estimate of drug-likeness (QED) is 0.738. The molecule has 0 amide bonds. The highest BCUT2D eigenvalue weighted by molar-refractivity contribution is 7.03. The van der Waals surface area contributed by atoms with Gasteiger partial charge in [-0.05, 0) is 26.7 Å². The summed E-state index contributed by atoms with van der Waals surface area (Å²) in [6, 6.07) is 22.0. The van der Waals surface area contributed by atoms with Gasteiger partial charge in [-0.25, -0.2) is 0 Å². The third kappa shape index (κ3) is 5.79. The summed E-state index contributed by atoms with van der Waals surface area (Å²) in [6.45, 7) is 2.47. The molecule has 3 rings (SSSR count). The van der Waals surface area contributed by atoms with Crippen molar-refractivity contribution in [2.24, 2.45) is 17.2 Å². The van der Waals surface area contributed by atoms with Gasteiger partial charge in [-0.15, -0.1) is 0 Å². The lowest BCUT2D eigenvalue weighted by atomic mass is 10.4. The molecule has 0 radical (unpaired) electrons. The lowest BCUT2D eigenvalue weighted by Crippen LogP contribution is -2.58. The second-order valence-electron chi connectivity index (χ2n) is 5.23. The molecule has 2 aromatic carbocycles. The number of hydrogen-bond acceptors (Lipinski definition) is 3. The maximum Gasteiger partial charge on any atom is 0.125 e. The standard InChI is InChI=1S/C18H18Si.3CH5N/c1-19(18-14-8-9-15-18,16-10-4-2-5-11-16)17-12-6-3-7-13-17;3*1-2/h2-15,18H,1H3;3*2H2,1H3. The molecule has 0 aliphatic heterocycles. The smallest absolute Gasteiger partial charge is 0.125 e. The molecule has 0 saturated carbocycles. The molecule has 2 aromatic rings. The molecule has 4 heteroatoms. The Morgan fingerprint density at radius 1 is 0.600 bits per heavy atom. The first-order chi connectivity index (χ1) is 12.3. The lowest BCUT2D eigenvalue weighted by molar-refractivity contribution is 1.33. The monoisotopic (exact) mass is 355 g/mol. The Morgan fingerprint density at radius 2 is 0.920 bits per heavy atom. The summed E-state index contributed by atoms with van der Waals surface area (Å²) in [4.78, 5) is 0. The maximum atomic E-state index is 4.50. The van der Waals surface area contributed by atoms with Crippen molar-refractivity contribution in [2.45, 2.75) is 12.1 Å². The van der Waals surface area contributed by atoms with Crippen LogP contribution in [0.15, 0.2) is 85.0 Å². The van der Waals surface area contributed by atoms with E-state index in [9.17, 15) is 0 Å². The van der Waals surface area contributed by atoms with E-state index in [0.29, 0.717) is 5.54 Å². The summed E-state index contributed by atoms with van der Waals surface area (Å²) in [6.07, 6.45) is 9.07. The van der Waals surface area contributed by atoms with Crippen LogP contribution in [0.2, 0.25) is 12.1 Å². The Morgan fingerprint density at radius 3 is 1.24 bits per heavy atom. The number of hydrogen-bond donors (Lipinski definition) is 3. The Labute approximate surface area is 154 Å². The molecule has 0 atom stereocenters. The first-order valence-corrected chi connectivity index (χ1v) is 11.1. The zero-order valence-corrected chi connectivity index (χ0v) is 16.9. The Balaban J connectivity index is 0.000000871. The van der Waals surface area contributed by atoms with Gasteiger partial charge in [-0.1, -0.05) is 102 Å². The molecule has 0 unspecified atom stereocenters. The maximum absolute atomic E-state index is 4.50. The van der Waals surface area contributed by atoms with Crippen LogP contribution in [0.25, 0.3) is 0 Å². The van der Waals surface area contributed by atoms with E-state index in [1.54, 1.807) is 0 Å². The van der Waals surface area contributed by atoms with Gasteiger partial charge < -0.3 is 17.2 Å². The van der Waals surface area contributed by atoms with E-state index in [0.717, 1.165) is 0 Å². The second kappa shape index (κ2) is 13.3. The van der Waals surface area contributed by atoms with Gasteiger partial charge in [0.2, 0.25) is 0 Å². The SMILES string of the molecule is CN.CN.CN.C[Si](c1ccccc1)(c1ccccc1)C1C=CC=C1. The summed E-state index contributed by atoms with van der Waals surface area (Å²) < 4.78 is 0. The van der Waals surface area contributed by atoms with Crippen LogP contribution in [-0.4, -0.2) is 29.2 Å². The minimum absolute atomic E-state index is 0.553. The van der Waals surface area contributed by atoms with Gasteiger partial charge in [0.05, 0.1) is 0 Å². The van der Waals surface area contributed by atoms with Crippen molar-refractivity contribution in [1.82, 2.24) is 0 Å². The molecule has 1 aliphatic rings. The van der Waals surface area contributed by atoms with Crippen LogP contribution in [0.3, 0.4) is 0 Å². The molecule has 0 aromatic heterocycles. The average Bonchev–Trinajstić information content (AvgIpc) is 3.29. The molecule has 0 bridgehead atoms. The van der Waals surface area contributed by atoms with Gasteiger partial charge in [0.25, 0.3) is 0 Å². The molecule has 0 spiro atoms. The minimum Gasteiger partial charge on any atom is -0.333 e. The number of allylic oxidation sites excluding steroid dienone is 4. The summed E-state index contributed by atoms with van der Waals surface area (Å²) in [7, 11) is 2.76. The predicted octanol–water partition coefficient (Wildman–Crippen LogP) is 2.10. The van der Waals surface area contributed by atoms with Gasteiger partial charge in [-0.3, -0.25) is 0 Å². The summed E-state index contributed by atoms with van der Waals surface area (Å²) in [5.74, 6) is 0. The number of benzene rings is 2. The van der Waals surface area contributed by atoms with Crippen LogP contribution in [0.5, 0.6) is 0 Å². The summed E-state index contributed by atoms with van der Waals surface area (Å²) >= 11 is 0. The van der Waals surface area contributed by atoms with E-state index in [1.807, 2.05) is 0 Å². The first-order valence-electron chi connectivity index (χ1n) is 8.51. The van der Waals surface area contributed by atoms with E-state index in [4.69, 9.17) is 0 Å². The van der Waals surface area contributed by atoms with Crippen LogP contribution in [0, 0.1) is 0 Å². The van der Waals surface area contributed by atoms with Crippen LogP contribution in [0.4, 0.5) is 0 Å². The van der Waals surface area contributed by atoms with Crippen LogP contribution in [0.1, 0.15) is 0 Å². The number of nitrogens with two attached hydrogens (primary N) is 3. The van der Waals surface area contributed by atoms with Crippen molar-refractivity contribution < 1.29 is 0 Å². The molecule has 25 heavy (non-hydrogen) atoms. The fourth-order valence-electron chi connectivity index (χ4n) is 2.94. The first kappa shape index (κ1) is 23.0. The molecule has 3 nitrogen and oxygen atoms in total. The van der Waals surface area contributed by atoms with Crippen LogP contribution < -0.4 is 27.6 Å². The van der Waals surface area contributed by atoms with E-state index in [-0.39, 0.29) is 0 Å². The minimum atomic E-state index is -1.74. The second-order valence-corrected chi connectivity index (χ2v) is 9.46. The molecule has 1 aliphatic carbocycles. The van der Waals surface area contributed by atoms with E-state index >= 15 is 0 Å².